The average Bonchev–Trinajstić information content (AvgIpc) is 3.05. The minimum absolute atomic E-state index is 0.0398. The van der Waals surface area contributed by atoms with E-state index in [2.05, 4.69) is 20.3 Å². The van der Waals surface area contributed by atoms with Crippen LogP contribution in [0.25, 0.3) is 0 Å². The van der Waals surface area contributed by atoms with Crippen LogP contribution in [-0.2, 0) is 18.3 Å². The minimum Gasteiger partial charge on any atom is -0.342 e. The van der Waals surface area contributed by atoms with E-state index < -0.39 is 17.3 Å². The molecule has 2 heterocycles. The molecule has 1 aromatic carbocycles. The molecule has 0 spiro atoms. The van der Waals surface area contributed by atoms with Gasteiger partial charge in [-0.1, -0.05) is 12.1 Å². The Morgan fingerprint density at radius 1 is 1.25 bits per heavy atom. The predicted octanol–water partition coefficient (Wildman–Crippen LogP) is 1.08. The number of hydrogen-bond acceptors (Lipinski definition) is 4. The van der Waals surface area contributed by atoms with Crippen LogP contribution in [0.15, 0.2) is 46.2 Å². The zero-order valence-electron chi connectivity index (χ0n) is 15.5. The number of aromatic nitrogens is 4. The topological polar surface area (TPSA) is 113 Å². The number of imidazole rings is 1. The van der Waals surface area contributed by atoms with Crippen molar-refractivity contribution in [1.29, 1.82) is 0 Å². The molecular weight excluding hydrogens is 365 g/mol. The zero-order valence-corrected chi connectivity index (χ0v) is 15.5. The highest BCUT2D eigenvalue weighted by atomic mass is 19.1. The maximum Gasteiger partial charge on any atom is 0.325 e. The Bertz CT molecular complexity index is 1100. The molecule has 0 aliphatic heterocycles. The van der Waals surface area contributed by atoms with Gasteiger partial charge in [0.1, 0.15) is 17.7 Å². The number of nitrogens with one attached hydrogen (secondary N) is 3. The summed E-state index contributed by atoms with van der Waals surface area (Å²) in [6.45, 7) is 1.61. The van der Waals surface area contributed by atoms with Gasteiger partial charge in [0, 0.05) is 37.1 Å². The van der Waals surface area contributed by atoms with Crippen LogP contribution in [0.5, 0.6) is 0 Å². The van der Waals surface area contributed by atoms with Crippen molar-refractivity contribution in [1.82, 2.24) is 24.8 Å². The first-order chi connectivity index (χ1) is 13.3. The Morgan fingerprint density at radius 2 is 1.96 bits per heavy atom. The van der Waals surface area contributed by atoms with Crippen LogP contribution in [0.3, 0.4) is 0 Å². The van der Waals surface area contributed by atoms with Crippen molar-refractivity contribution in [3.05, 3.63) is 86.0 Å². The average molecular weight is 385 g/mol. The molecule has 0 saturated heterocycles. The van der Waals surface area contributed by atoms with Crippen molar-refractivity contribution in [3.63, 3.8) is 0 Å². The third-order valence-corrected chi connectivity index (χ3v) is 4.48. The lowest BCUT2D eigenvalue weighted by molar-refractivity contribution is -0.121. The first-order valence-electron chi connectivity index (χ1n) is 8.69. The van der Waals surface area contributed by atoms with E-state index in [4.69, 9.17) is 0 Å². The van der Waals surface area contributed by atoms with Gasteiger partial charge in [0.25, 0.3) is 5.56 Å². The molecule has 0 fully saturated rings. The number of carbonyl (C=O) groups excluding carboxylic acids is 1. The summed E-state index contributed by atoms with van der Waals surface area (Å²) in [7, 11) is 1.80. The third-order valence-electron chi connectivity index (χ3n) is 4.48. The fourth-order valence-corrected chi connectivity index (χ4v) is 3.01. The highest BCUT2D eigenvalue weighted by Gasteiger charge is 2.21. The summed E-state index contributed by atoms with van der Waals surface area (Å²) < 4.78 is 15.0. The number of halogens is 1. The van der Waals surface area contributed by atoms with E-state index in [0.29, 0.717) is 22.6 Å². The Labute approximate surface area is 159 Å². The summed E-state index contributed by atoms with van der Waals surface area (Å²) >= 11 is 0. The number of aromatic amines is 2. The van der Waals surface area contributed by atoms with Gasteiger partial charge in [0.15, 0.2) is 0 Å². The SMILES string of the molecule is Cc1[nH]c(=O)[nH]c(=O)c1CCC(=O)N[C@H](c1ccc(F)cc1)c1nccn1C. The number of H-pyrrole nitrogens is 2. The highest BCUT2D eigenvalue weighted by Crippen LogP contribution is 2.21. The molecule has 0 aliphatic carbocycles. The van der Waals surface area contributed by atoms with Crippen molar-refractivity contribution >= 4 is 5.91 Å². The standard InChI is InChI=1S/C19H20FN5O3/c1-11-14(18(27)24-19(28)22-11)7-8-15(26)23-16(17-21-9-10-25(17)2)12-3-5-13(20)6-4-12/h3-6,9-10,16H,7-8H2,1-2H3,(H,23,26)(H2,22,24,27,28)/t16-/m1/s1. The molecule has 9 heteroatoms. The van der Waals surface area contributed by atoms with Gasteiger partial charge < -0.3 is 14.9 Å². The van der Waals surface area contributed by atoms with Crippen molar-refractivity contribution < 1.29 is 9.18 Å². The number of aryl methyl sites for hydroxylation is 2. The molecule has 0 bridgehead atoms. The lowest BCUT2D eigenvalue weighted by atomic mass is 10.0. The maximum atomic E-state index is 13.3. The minimum atomic E-state index is -0.582. The van der Waals surface area contributed by atoms with Crippen LogP contribution in [-0.4, -0.2) is 25.4 Å². The van der Waals surface area contributed by atoms with Gasteiger partial charge in [0.05, 0.1) is 0 Å². The molecule has 3 aromatic rings. The van der Waals surface area contributed by atoms with Crippen LogP contribution in [0, 0.1) is 12.7 Å². The molecular formula is C19H20FN5O3. The number of carbonyl (C=O) groups is 1. The molecule has 146 valence electrons. The lowest BCUT2D eigenvalue weighted by Gasteiger charge is -2.19. The first-order valence-corrected chi connectivity index (χ1v) is 8.69. The molecule has 0 saturated carbocycles. The smallest absolute Gasteiger partial charge is 0.325 e. The number of benzene rings is 1. The van der Waals surface area contributed by atoms with E-state index >= 15 is 0 Å². The Morgan fingerprint density at radius 3 is 2.57 bits per heavy atom. The molecule has 1 atom stereocenters. The summed E-state index contributed by atoms with van der Waals surface area (Å²) in [6.07, 6.45) is 3.57. The van der Waals surface area contributed by atoms with Gasteiger partial charge in [-0.2, -0.15) is 0 Å². The second-order valence-corrected chi connectivity index (χ2v) is 6.46. The van der Waals surface area contributed by atoms with Gasteiger partial charge >= 0.3 is 5.69 Å². The lowest BCUT2D eigenvalue weighted by Crippen LogP contribution is -2.32. The van der Waals surface area contributed by atoms with Crippen molar-refractivity contribution in [2.45, 2.75) is 25.8 Å². The molecule has 1 amide bonds. The number of amides is 1. The summed E-state index contributed by atoms with van der Waals surface area (Å²) in [5.74, 6) is -0.0817. The van der Waals surface area contributed by atoms with E-state index in [1.165, 1.54) is 12.1 Å². The predicted molar refractivity (Wildman–Crippen MR) is 100 cm³/mol. The van der Waals surface area contributed by atoms with Gasteiger partial charge in [-0.15, -0.1) is 0 Å². The van der Waals surface area contributed by atoms with E-state index in [1.807, 2.05) is 0 Å². The number of rotatable bonds is 6. The van der Waals surface area contributed by atoms with Gasteiger partial charge in [-0.3, -0.25) is 14.6 Å². The normalized spacial score (nSPS) is 12.0. The van der Waals surface area contributed by atoms with Gasteiger partial charge in [-0.25, -0.2) is 14.2 Å². The van der Waals surface area contributed by atoms with E-state index in [-0.39, 0.29) is 24.6 Å². The molecule has 3 N–H and O–H groups in total. The zero-order chi connectivity index (χ0) is 20.3. The van der Waals surface area contributed by atoms with Crippen LogP contribution in [0.1, 0.15) is 35.1 Å². The molecule has 0 radical (unpaired) electrons. The Hall–Kier alpha value is -3.49. The molecule has 3 rings (SSSR count). The molecule has 28 heavy (non-hydrogen) atoms. The summed E-state index contributed by atoms with van der Waals surface area (Å²) in [5.41, 5.74) is 0.378. The van der Waals surface area contributed by atoms with Crippen molar-refractivity contribution in [2.75, 3.05) is 0 Å². The van der Waals surface area contributed by atoms with E-state index in [9.17, 15) is 18.8 Å². The highest BCUT2D eigenvalue weighted by molar-refractivity contribution is 5.77. The van der Waals surface area contributed by atoms with Crippen LogP contribution in [0.2, 0.25) is 0 Å². The fourth-order valence-electron chi connectivity index (χ4n) is 3.01. The summed E-state index contributed by atoms with van der Waals surface area (Å²) in [4.78, 5) is 44.7. The van der Waals surface area contributed by atoms with Gasteiger partial charge in [0.2, 0.25) is 5.91 Å². The summed E-state index contributed by atoms with van der Waals surface area (Å²) in [5, 5.41) is 2.89. The van der Waals surface area contributed by atoms with Crippen molar-refractivity contribution in [3.8, 4) is 0 Å². The number of hydrogen-bond donors (Lipinski definition) is 3. The molecule has 0 unspecified atom stereocenters. The van der Waals surface area contributed by atoms with Crippen LogP contribution in [0.4, 0.5) is 4.39 Å². The second-order valence-electron chi connectivity index (χ2n) is 6.46. The molecule has 8 nitrogen and oxygen atoms in total. The first kappa shape index (κ1) is 19.3. The maximum absolute atomic E-state index is 13.3. The van der Waals surface area contributed by atoms with Crippen molar-refractivity contribution in [2.24, 2.45) is 7.05 Å². The molecule has 0 aliphatic rings. The monoisotopic (exact) mass is 385 g/mol. The van der Waals surface area contributed by atoms with Gasteiger partial charge in [-0.05, 0) is 31.0 Å². The fraction of sp³-hybridized carbons (Fsp3) is 0.263. The van der Waals surface area contributed by atoms with E-state index in [1.54, 1.807) is 43.1 Å². The second kappa shape index (κ2) is 8.03. The van der Waals surface area contributed by atoms with E-state index in [0.717, 1.165) is 0 Å². The quantitative estimate of drug-likeness (QED) is 0.589. The summed E-state index contributed by atoms with van der Waals surface area (Å²) in [6, 6.07) is 5.25. The van der Waals surface area contributed by atoms with Crippen LogP contribution < -0.4 is 16.6 Å². The Balaban J connectivity index is 1.79. The molecule has 2 aromatic heterocycles. The Kier molecular flexibility index (Phi) is 5.53. The number of nitrogens with zero attached hydrogens (tertiary/aromatic N) is 2. The van der Waals surface area contributed by atoms with Crippen LogP contribution >= 0.6 is 0 Å². The largest absolute Gasteiger partial charge is 0.342 e. The third kappa shape index (κ3) is 4.25.